The van der Waals surface area contributed by atoms with Gasteiger partial charge in [0.25, 0.3) is 0 Å². The first-order chi connectivity index (χ1) is 58.2. The van der Waals surface area contributed by atoms with Gasteiger partial charge in [-0.3, -0.25) is 32.5 Å². The van der Waals surface area contributed by atoms with E-state index in [9.17, 15) is 43.5 Å². The monoisotopic (exact) mass is 1700 g/mol. The second-order valence-electron chi connectivity index (χ2n) is 30.7. The molecule has 0 aliphatic carbocycles. The molecule has 0 radical (unpaired) electrons. The molecule has 5 atom stereocenters. The third kappa shape index (κ3) is 92.9. The predicted molar refractivity (Wildman–Crippen MR) is 500 cm³/mol. The minimum Gasteiger partial charge on any atom is -0.463 e. The zero-order valence-corrected chi connectivity index (χ0v) is 76.5. The Labute approximate surface area is 725 Å². The number of esters is 3. The van der Waals surface area contributed by atoms with Crippen molar-refractivity contribution in [1.29, 1.82) is 0 Å². The summed E-state index contributed by atoms with van der Waals surface area (Å²) < 4.78 is 61.5. The Hall–Kier alpha value is -5.61. The van der Waals surface area contributed by atoms with Gasteiger partial charge in [-0.25, -0.2) is 9.13 Å². The topological polar surface area (TPSA) is 231 Å². The third-order valence-electron chi connectivity index (χ3n) is 19.3. The van der Waals surface area contributed by atoms with Crippen molar-refractivity contribution in [3.8, 4) is 0 Å². The maximum atomic E-state index is 13.1. The number of ether oxygens (including phenoxy) is 3. The smallest absolute Gasteiger partial charge is 0.463 e. The third-order valence-corrected chi connectivity index (χ3v) is 21.2. The number of aliphatic hydroxyl groups excluding tert-OH is 2. The second kappa shape index (κ2) is 91.6. The molecule has 0 fully saturated rings. The minimum atomic E-state index is -4.95. The maximum absolute atomic E-state index is 13.1. The Morgan fingerprint density at radius 1 is 0.235 bits per heavy atom. The van der Waals surface area contributed by atoms with Crippen molar-refractivity contribution < 1.29 is 75.8 Å². The van der Waals surface area contributed by atoms with E-state index in [-0.39, 0.29) is 19.3 Å². The lowest BCUT2D eigenvalue weighted by Gasteiger charge is -2.21. The van der Waals surface area contributed by atoms with Crippen LogP contribution in [0.4, 0.5) is 0 Å². The summed E-state index contributed by atoms with van der Waals surface area (Å²) in [7, 11) is -9.83. The van der Waals surface area contributed by atoms with Crippen LogP contribution in [0.5, 0.6) is 0 Å². The van der Waals surface area contributed by atoms with Gasteiger partial charge < -0.3 is 34.2 Å². The molecule has 0 aromatic rings. The van der Waals surface area contributed by atoms with E-state index in [0.717, 1.165) is 199 Å². The Balaban J connectivity index is 4.67. The molecule has 0 saturated heterocycles. The quantitative estimate of drug-likeness (QED) is 0.0146. The normalized spacial score (nSPS) is 14.6. The van der Waals surface area contributed by atoms with E-state index in [1.54, 1.807) is 0 Å². The molecule has 678 valence electrons. The summed E-state index contributed by atoms with van der Waals surface area (Å²) in [5, 5.41) is 20.7. The molecule has 0 spiro atoms. The molecule has 0 rings (SSSR count). The molecule has 0 aromatic heterocycles. The zero-order valence-electron chi connectivity index (χ0n) is 74.7. The lowest BCUT2D eigenvalue weighted by molar-refractivity contribution is -0.161. The highest BCUT2D eigenvalue weighted by Gasteiger charge is 2.29. The number of aliphatic hydroxyl groups is 2. The van der Waals surface area contributed by atoms with Gasteiger partial charge in [0.2, 0.25) is 0 Å². The lowest BCUT2D eigenvalue weighted by atomic mass is 10.0. The van der Waals surface area contributed by atoms with Crippen LogP contribution in [-0.2, 0) is 55.8 Å². The number of hydrogen-bond donors (Lipinski definition) is 4. The van der Waals surface area contributed by atoms with Crippen molar-refractivity contribution in [3.05, 3.63) is 194 Å². The van der Waals surface area contributed by atoms with Crippen LogP contribution in [0.15, 0.2) is 194 Å². The average Bonchev–Trinajstić information content (AvgIpc) is 0.902. The fraction of sp³-hybridized carbons (Fsp3) is 0.653. The van der Waals surface area contributed by atoms with Gasteiger partial charge in [-0.05, 0) is 161 Å². The molecule has 0 aliphatic rings. The Kier molecular flexibility index (Phi) is 87.3. The first-order valence-corrected chi connectivity index (χ1v) is 49.7. The van der Waals surface area contributed by atoms with Crippen LogP contribution in [0.3, 0.4) is 0 Å². The zero-order chi connectivity index (χ0) is 86.5. The molecule has 0 bridgehead atoms. The van der Waals surface area contributed by atoms with E-state index < -0.39 is 91.5 Å². The van der Waals surface area contributed by atoms with Crippen LogP contribution in [0.1, 0.15) is 367 Å². The molecule has 5 unspecified atom stereocenters. The van der Waals surface area contributed by atoms with Crippen LogP contribution in [-0.4, -0.2) is 95.9 Å². The molecule has 119 heavy (non-hydrogen) atoms. The number of phosphoric acid groups is 2. The Morgan fingerprint density at radius 3 is 0.664 bits per heavy atom. The largest absolute Gasteiger partial charge is 0.472 e. The number of hydrogen-bond acceptors (Lipinski definition) is 14. The van der Waals surface area contributed by atoms with Crippen molar-refractivity contribution in [1.82, 2.24) is 0 Å². The van der Waals surface area contributed by atoms with E-state index in [0.29, 0.717) is 19.3 Å². The van der Waals surface area contributed by atoms with Crippen LogP contribution in [0, 0.1) is 0 Å². The van der Waals surface area contributed by atoms with Gasteiger partial charge in [0.1, 0.15) is 25.4 Å². The van der Waals surface area contributed by atoms with Crippen molar-refractivity contribution >= 4 is 33.6 Å². The fourth-order valence-corrected chi connectivity index (χ4v) is 13.9. The summed E-state index contributed by atoms with van der Waals surface area (Å²) in [6.45, 7) is 2.36. The fourth-order valence-electron chi connectivity index (χ4n) is 12.3. The highest BCUT2D eigenvalue weighted by Crippen LogP contribution is 2.45. The molecule has 0 saturated carbocycles. The molecular formula is C101H168O16P2. The van der Waals surface area contributed by atoms with E-state index in [2.05, 4.69) is 215 Å². The lowest BCUT2D eigenvalue weighted by Crippen LogP contribution is -2.30. The Bertz CT molecular complexity index is 2940. The number of unbranched alkanes of at least 4 members (excludes halogenated alkanes) is 32. The minimum absolute atomic E-state index is 0.0809. The van der Waals surface area contributed by atoms with E-state index in [1.165, 1.54) is 109 Å². The highest BCUT2D eigenvalue weighted by molar-refractivity contribution is 7.47. The molecule has 4 N–H and O–H groups in total. The van der Waals surface area contributed by atoms with Crippen LogP contribution in [0.2, 0.25) is 0 Å². The van der Waals surface area contributed by atoms with Crippen LogP contribution < -0.4 is 0 Å². The SMILES string of the molecule is CC/C=C\C/C=C\C/C=C\C/C=C\C/C=C\C/C=C\CCCCCCCCC(=O)OC(COC(=O)CCCCCCCCCCCCCCC/C=C\C/C=C\C/C=C\C/C=C\C/C=C\CC)COP(=O)(O)OCC(O)COP(=O)(O)OCC(O)COC(=O)CCCCCCCCCCCCCCC/C=C\C/C=C\C/C=C\C/C=C\C/C=C\CC. The predicted octanol–water partition coefficient (Wildman–Crippen LogP) is 29.0. The van der Waals surface area contributed by atoms with Gasteiger partial charge in [-0.2, -0.15) is 0 Å². The summed E-state index contributed by atoms with van der Waals surface area (Å²) in [6, 6.07) is 0. The Morgan fingerprint density at radius 2 is 0.420 bits per heavy atom. The molecule has 18 heteroatoms. The number of phosphoric ester groups is 2. The van der Waals surface area contributed by atoms with Crippen molar-refractivity contribution in [2.24, 2.45) is 0 Å². The first kappa shape index (κ1) is 113. The molecular weight excluding hydrogens is 1530 g/mol. The molecule has 16 nitrogen and oxygen atoms in total. The summed E-state index contributed by atoms with van der Waals surface area (Å²) in [6.07, 6.45) is 122. The van der Waals surface area contributed by atoms with Crippen molar-refractivity contribution in [3.63, 3.8) is 0 Å². The summed E-state index contributed by atoms with van der Waals surface area (Å²) in [5.41, 5.74) is 0. The van der Waals surface area contributed by atoms with Crippen molar-refractivity contribution in [2.45, 2.75) is 386 Å². The van der Waals surface area contributed by atoms with Gasteiger partial charge in [-0.15, -0.1) is 0 Å². The van der Waals surface area contributed by atoms with Gasteiger partial charge in [-0.1, -0.05) is 382 Å². The van der Waals surface area contributed by atoms with Crippen molar-refractivity contribution in [2.75, 3.05) is 39.6 Å². The molecule has 0 aromatic carbocycles. The molecule has 0 amide bonds. The summed E-state index contributed by atoms with van der Waals surface area (Å²) >= 11 is 0. The molecule has 0 aliphatic heterocycles. The van der Waals surface area contributed by atoms with E-state index >= 15 is 0 Å². The van der Waals surface area contributed by atoms with Gasteiger partial charge in [0.05, 0.1) is 26.4 Å². The van der Waals surface area contributed by atoms with Gasteiger partial charge in [0, 0.05) is 19.3 Å². The van der Waals surface area contributed by atoms with Crippen LogP contribution in [0.25, 0.3) is 0 Å². The molecule has 0 heterocycles. The van der Waals surface area contributed by atoms with Crippen LogP contribution >= 0.6 is 15.6 Å². The second-order valence-corrected chi connectivity index (χ2v) is 33.6. The standard InChI is InChI=1S/C101H168O16P2/c1-4-7-10-13-16-19-22-25-28-31-34-37-40-43-45-47-49-52-54-57-60-63-66-69-72-75-78-81-84-87-99(104)111-90-96(102)91-113-118(107,108)114-92-97(103)93-115-119(109,110)116-95-98(117-101(106)89-86-83-80-77-74-71-68-65-62-59-56-51-42-39-36-33-30-27-24-21-18-15-12-9-6-3)94-112-100(105)88-85-82-79-76-73-70-67-64-61-58-55-53-50-48-46-44-41-38-35-32-29-26-23-20-17-14-11-8-5-2/h7-12,16-21,25-30,34-39,43-46,51,56,62,65,96-98,102-103H,4-6,13-15,22-24,31-33,40-42,47-50,52-55,57-61,63-64,66-95H2,1-3H3,(H,107,108)(H,109,110)/b10-7-,11-8-,12-9-,19-16-,20-17-,21-18-,28-25-,29-26-,30-27-,37-34-,38-35-,39-36-,45-43-,46-44-,56-51-,65-62-. The highest BCUT2D eigenvalue weighted by atomic mass is 31.2. The summed E-state index contributed by atoms with van der Waals surface area (Å²) in [4.78, 5) is 59.1. The average molecular weight is 1700 g/mol. The summed E-state index contributed by atoms with van der Waals surface area (Å²) in [5.74, 6) is -1.59. The van der Waals surface area contributed by atoms with Gasteiger partial charge >= 0.3 is 33.6 Å². The maximum Gasteiger partial charge on any atom is 0.472 e. The number of carbonyl (C=O) groups excluding carboxylic acids is 3. The number of carbonyl (C=O) groups is 3. The number of rotatable bonds is 87. The van der Waals surface area contributed by atoms with E-state index in [4.69, 9.17) is 32.3 Å². The first-order valence-electron chi connectivity index (χ1n) is 46.7. The van der Waals surface area contributed by atoms with Gasteiger partial charge in [0.15, 0.2) is 6.10 Å². The number of allylic oxidation sites excluding steroid dienone is 32. The van der Waals surface area contributed by atoms with E-state index in [1.807, 2.05) is 0 Å².